The normalized spacial score (nSPS) is 25.6. The van der Waals surface area contributed by atoms with Gasteiger partial charge in [0.15, 0.2) is 0 Å². The first-order chi connectivity index (χ1) is 17.2. The van der Waals surface area contributed by atoms with E-state index in [4.69, 9.17) is 14.5 Å². The van der Waals surface area contributed by atoms with Gasteiger partial charge in [-0.3, -0.25) is 4.90 Å². The molecule has 2 aromatic heterocycles. The highest BCUT2D eigenvalue weighted by molar-refractivity contribution is 7.21. The molecule has 196 valence electrons. The summed E-state index contributed by atoms with van der Waals surface area (Å²) in [5.41, 5.74) is 3.30. The van der Waals surface area contributed by atoms with E-state index >= 15 is 0 Å². The van der Waals surface area contributed by atoms with Crippen molar-refractivity contribution in [1.82, 2.24) is 9.88 Å². The van der Waals surface area contributed by atoms with Crippen molar-refractivity contribution in [3.8, 4) is 0 Å². The summed E-state index contributed by atoms with van der Waals surface area (Å²) in [6.45, 7) is 15.5. The minimum absolute atomic E-state index is 0.0414. The average Bonchev–Trinajstić information content (AvgIpc) is 3.45. The molecule has 2 aromatic rings. The van der Waals surface area contributed by atoms with E-state index in [1.54, 1.807) is 11.3 Å². The SMILES string of the molecule is C[C@@H]1CN(CCNc2cc(NC(C)(C)C)nc3cc(C4=[N+](C5CCCCO5)N=CC4)sc23)C[C@H](C)O1. The van der Waals surface area contributed by atoms with Crippen LogP contribution in [0.25, 0.3) is 10.2 Å². The monoisotopic (exact) mass is 513 g/mol. The summed E-state index contributed by atoms with van der Waals surface area (Å²) in [5.74, 6) is 0.899. The largest absolute Gasteiger partial charge is 0.382 e. The molecule has 8 nitrogen and oxygen atoms in total. The first kappa shape index (κ1) is 25.6. The van der Waals surface area contributed by atoms with E-state index in [1.165, 1.54) is 21.7 Å². The Morgan fingerprint density at radius 3 is 2.69 bits per heavy atom. The number of thiophene rings is 1. The number of fused-ring (bicyclic) bond motifs is 1. The summed E-state index contributed by atoms with van der Waals surface area (Å²) < 4.78 is 15.3. The van der Waals surface area contributed by atoms with Crippen molar-refractivity contribution >= 4 is 45.0 Å². The number of aromatic nitrogens is 1. The molecule has 9 heteroatoms. The molecule has 0 saturated carbocycles. The molecule has 0 amide bonds. The predicted octanol–water partition coefficient (Wildman–Crippen LogP) is 4.75. The fourth-order valence-electron chi connectivity index (χ4n) is 5.32. The summed E-state index contributed by atoms with van der Waals surface area (Å²) in [7, 11) is 0. The molecule has 36 heavy (non-hydrogen) atoms. The van der Waals surface area contributed by atoms with Gasteiger partial charge < -0.3 is 20.1 Å². The van der Waals surface area contributed by atoms with E-state index in [0.29, 0.717) is 0 Å². The Labute approximate surface area is 218 Å². The third-order valence-corrected chi connectivity index (χ3v) is 7.91. The van der Waals surface area contributed by atoms with Gasteiger partial charge in [-0.15, -0.1) is 11.3 Å². The second-order valence-corrected chi connectivity index (χ2v) is 12.4. The van der Waals surface area contributed by atoms with Gasteiger partial charge in [-0.05, 0) is 58.6 Å². The van der Waals surface area contributed by atoms with Crippen LogP contribution < -0.4 is 10.6 Å². The highest BCUT2D eigenvalue weighted by Gasteiger charge is 2.33. The van der Waals surface area contributed by atoms with Gasteiger partial charge in [0.05, 0.1) is 52.2 Å². The van der Waals surface area contributed by atoms with Crippen molar-refractivity contribution in [2.75, 3.05) is 43.4 Å². The molecule has 0 radical (unpaired) electrons. The number of morpholine rings is 1. The molecule has 3 atom stereocenters. The zero-order valence-electron chi connectivity index (χ0n) is 22.3. The molecule has 5 rings (SSSR count). The van der Waals surface area contributed by atoms with Crippen LogP contribution in [-0.4, -0.2) is 83.3 Å². The van der Waals surface area contributed by atoms with E-state index < -0.39 is 0 Å². The van der Waals surface area contributed by atoms with Crippen LogP contribution in [0, 0.1) is 0 Å². The number of hydrogen-bond donors (Lipinski definition) is 2. The molecular weight excluding hydrogens is 472 g/mol. The Balaban J connectivity index is 1.41. The Bertz CT molecular complexity index is 1120. The number of ether oxygens (including phenoxy) is 2. The fourth-order valence-corrected chi connectivity index (χ4v) is 6.45. The quantitative estimate of drug-likeness (QED) is 0.521. The van der Waals surface area contributed by atoms with Crippen LogP contribution >= 0.6 is 11.3 Å². The summed E-state index contributed by atoms with van der Waals surface area (Å²) in [4.78, 5) is 8.71. The Morgan fingerprint density at radius 2 is 1.97 bits per heavy atom. The maximum atomic E-state index is 6.06. The Morgan fingerprint density at radius 1 is 1.17 bits per heavy atom. The molecule has 0 aromatic carbocycles. The number of rotatable bonds is 7. The van der Waals surface area contributed by atoms with Crippen LogP contribution in [0.2, 0.25) is 0 Å². The van der Waals surface area contributed by atoms with Crippen molar-refractivity contribution in [3.05, 3.63) is 17.0 Å². The smallest absolute Gasteiger partial charge is 0.288 e. The molecule has 3 aliphatic rings. The number of hydrogen-bond acceptors (Lipinski definition) is 8. The molecule has 2 fully saturated rings. The zero-order chi connectivity index (χ0) is 25.3. The molecular formula is C27H41N6O2S+. The van der Waals surface area contributed by atoms with Gasteiger partial charge in [0.1, 0.15) is 5.82 Å². The van der Waals surface area contributed by atoms with E-state index in [0.717, 1.165) is 69.1 Å². The maximum absolute atomic E-state index is 6.06. The molecule has 0 aliphatic carbocycles. The van der Waals surface area contributed by atoms with Crippen molar-refractivity contribution in [2.45, 2.75) is 84.3 Å². The molecule has 2 N–H and O–H groups in total. The van der Waals surface area contributed by atoms with Crippen LogP contribution in [0.3, 0.4) is 0 Å². The number of pyridine rings is 1. The number of nitrogens with zero attached hydrogens (tertiary/aromatic N) is 4. The minimum atomic E-state index is -0.0694. The highest BCUT2D eigenvalue weighted by Crippen LogP contribution is 2.35. The molecule has 0 bridgehead atoms. The lowest BCUT2D eigenvalue weighted by molar-refractivity contribution is -0.619. The van der Waals surface area contributed by atoms with Crippen molar-refractivity contribution in [1.29, 1.82) is 0 Å². The summed E-state index contributed by atoms with van der Waals surface area (Å²) in [6, 6.07) is 4.39. The van der Waals surface area contributed by atoms with Crippen LogP contribution in [0.5, 0.6) is 0 Å². The molecule has 0 spiro atoms. The number of nitrogens with one attached hydrogen (secondary N) is 2. The van der Waals surface area contributed by atoms with E-state index in [-0.39, 0.29) is 24.0 Å². The van der Waals surface area contributed by atoms with Crippen molar-refractivity contribution in [2.24, 2.45) is 5.10 Å². The van der Waals surface area contributed by atoms with Crippen LogP contribution in [-0.2, 0) is 9.47 Å². The first-order valence-electron chi connectivity index (χ1n) is 13.4. The van der Waals surface area contributed by atoms with Gasteiger partial charge in [0.25, 0.3) is 6.23 Å². The third kappa shape index (κ3) is 6.07. The molecule has 2 saturated heterocycles. The second kappa shape index (κ2) is 10.7. The first-order valence-corrected chi connectivity index (χ1v) is 14.2. The third-order valence-electron chi connectivity index (χ3n) is 6.70. The fraction of sp³-hybridized carbons (Fsp3) is 0.667. The number of anilines is 2. The maximum Gasteiger partial charge on any atom is 0.288 e. The topological polar surface area (TPSA) is 74.0 Å². The summed E-state index contributed by atoms with van der Waals surface area (Å²) in [6.07, 6.45) is 6.79. The zero-order valence-corrected chi connectivity index (χ0v) is 23.2. The predicted molar refractivity (Wildman–Crippen MR) is 149 cm³/mol. The van der Waals surface area contributed by atoms with Crippen LogP contribution in [0.1, 0.15) is 65.2 Å². The highest BCUT2D eigenvalue weighted by atomic mass is 32.1. The van der Waals surface area contributed by atoms with Gasteiger partial charge >= 0.3 is 0 Å². The summed E-state index contributed by atoms with van der Waals surface area (Å²) >= 11 is 1.80. The van der Waals surface area contributed by atoms with Crippen molar-refractivity contribution in [3.63, 3.8) is 0 Å². The Kier molecular flexibility index (Phi) is 7.62. The lowest BCUT2D eigenvalue weighted by Gasteiger charge is -2.35. The van der Waals surface area contributed by atoms with Gasteiger partial charge in [0.2, 0.25) is 5.71 Å². The van der Waals surface area contributed by atoms with Crippen molar-refractivity contribution < 1.29 is 14.2 Å². The lowest BCUT2D eigenvalue weighted by atomic mass is 10.1. The van der Waals surface area contributed by atoms with Gasteiger partial charge in [-0.25, -0.2) is 4.98 Å². The van der Waals surface area contributed by atoms with Crippen LogP contribution in [0.4, 0.5) is 11.5 Å². The van der Waals surface area contributed by atoms with Gasteiger partial charge in [-0.2, -0.15) is 0 Å². The lowest BCUT2D eigenvalue weighted by Crippen LogP contribution is -2.46. The average molecular weight is 514 g/mol. The number of hydrazone groups is 1. The second-order valence-electron chi connectivity index (χ2n) is 11.3. The van der Waals surface area contributed by atoms with Gasteiger partial charge in [0, 0.05) is 44.2 Å². The molecule has 1 unspecified atom stereocenters. The van der Waals surface area contributed by atoms with E-state index in [9.17, 15) is 0 Å². The standard InChI is InChI=1S/C27H41N6O2S/c1-18-16-32(17-19(2)35-18)12-11-28-20-15-24(31-27(3,4)5)30-21-14-23(36-26(20)21)22-9-10-29-33(22)25-8-6-7-13-34-25/h10,14-15,18-19,25H,6-9,11-13,16-17H2,1-5H3,(H2,28,30,31)/q+1/t18-,19+,25?. The Hall–Kier alpha value is -2.07. The van der Waals surface area contributed by atoms with Crippen LogP contribution in [0.15, 0.2) is 17.2 Å². The molecule has 3 aliphatic heterocycles. The summed E-state index contributed by atoms with van der Waals surface area (Å²) in [5, 5.41) is 12.0. The van der Waals surface area contributed by atoms with E-state index in [2.05, 4.69) is 72.1 Å². The van der Waals surface area contributed by atoms with E-state index in [1.807, 2.05) is 6.21 Å². The van der Waals surface area contributed by atoms with Gasteiger partial charge in [-0.1, -0.05) is 4.68 Å². The minimum Gasteiger partial charge on any atom is -0.382 e. The molecule has 5 heterocycles.